The zero-order valence-electron chi connectivity index (χ0n) is 13.5. The van der Waals surface area contributed by atoms with Crippen LogP contribution in [0.4, 0.5) is 10.2 Å². The summed E-state index contributed by atoms with van der Waals surface area (Å²) in [5.74, 6) is 0.0952. The van der Waals surface area contributed by atoms with Crippen LogP contribution in [0.1, 0.15) is 25.7 Å². The number of anilines is 1. The standard InChI is InChI=1S/C17H18ClFN6/c18-9-5-10-11(7-22-15(10)21-6-9)16-23-8-12(19)17(25-16)24-14-4-2-1-3-13(14)20/h5-8,13-14H,1-4,20H2,(H,21,22)(H,23,24,25)/t13-,14-/m1/s1. The molecule has 3 heterocycles. The van der Waals surface area contributed by atoms with Gasteiger partial charge in [-0.05, 0) is 18.9 Å². The van der Waals surface area contributed by atoms with Crippen molar-refractivity contribution in [3.05, 3.63) is 35.5 Å². The Labute approximate surface area is 149 Å². The maximum absolute atomic E-state index is 14.2. The van der Waals surface area contributed by atoms with Crippen molar-refractivity contribution in [2.45, 2.75) is 37.8 Å². The Morgan fingerprint density at radius 2 is 2.08 bits per heavy atom. The van der Waals surface area contributed by atoms with Gasteiger partial charge < -0.3 is 16.0 Å². The van der Waals surface area contributed by atoms with Crippen LogP contribution in [-0.2, 0) is 0 Å². The molecule has 0 bridgehead atoms. The largest absolute Gasteiger partial charge is 0.363 e. The first-order chi connectivity index (χ1) is 12.1. The van der Waals surface area contributed by atoms with Crippen LogP contribution in [0, 0.1) is 5.82 Å². The highest BCUT2D eigenvalue weighted by Crippen LogP contribution is 2.29. The molecule has 0 spiro atoms. The number of halogens is 2. The summed E-state index contributed by atoms with van der Waals surface area (Å²) in [7, 11) is 0. The average Bonchev–Trinajstić information content (AvgIpc) is 3.02. The van der Waals surface area contributed by atoms with Gasteiger partial charge in [0.15, 0.2) is 17.5 Å². The smallest absolute Gasteiger partial charge is 0.183 e. The highest BCUT2D eigenvalue weighted by molar-refractivity contribution is 6.31. The van der Waals surface area contributed by atoms with E-state index in [1.165, 1.54) is 6.20 Å². The molecule has 0 aromatic carbocycles. The van der Waals surface area contributed by atoms with Gasteiger partial charge >= 0.3 is 0 Å². The van der Waals surface area contributed by atoms with Gasteiger partial charge in [-0.15, -0.1) is 0 Å². The van der Waals surface area contributed by atoms with Gasteiger partial charge in [0.25, 0.3) is 0 Å². The molecule has 1 fully saturated rings. The molecule has 0 saturated heterocycles. The van der Waals surface area contributed by atoms with Crippen LogP contribution >= 0.6 is 11.6 Å². The second kappa shape index (κ2) is 6.57. The Kier molecular flexibility index (Phi) is 4.27. The summed E-state index contributed by atoms with van der Waals surface area (Å²) in [6, 6.07) is 1.81. The predicted molar refractivity (Wildman–Crippen MR) is 95.9 cm³/mol. The van der Waals surface area contributed by atoms with Crippen LogP contribution in [0.25, 0.3) is 22.4 Å². The van der Waals surface area contributed by atoms with Gasteiger partial charge in [0.05, 0.1) is 11.2 Å². The van der Waals surface area contributed by atoms with Gasteiger partial charge in [0.2, 0.25) is 0 Å². The van der Waals surface area contributed by atoms with Crippen molar-refractivity contribution in [2.75, 3.05) is 5.32 Å². The number of nitrogens with zero attached hydrogens (tertiary/aromatic N) is 3. The number of aromatic nitrogens is 4. The minimum Gasteiger partial charge on any atom is -0.363 e. The van der Waals surface area contributed by atoms with Crippen molar-refractivity contribution in [3.8, 4) is 11.4 Å². The van der Waals surface area contributed by atoms with Crippen molar-refractivity contribution < 1.29 is 4.39 Å². The third-order valence-corrected chi connectivity index (χ3v) is 4.83. The molecule has 4 rings (SSSR count). The van der Waals surface area contributed by atoms with E-state index in [2.05, 4.69) is 25.3 Å². The van der Waals surface area contributed by atoms with Crippen molar-refractivity contribution in [3.63, 3.8) is 0 Å². The molecule has 130 valence electrons. The Bertz CT molecular complexity index is 911. The van der Waals surface area contributed by atoms with E-state index in [1.807, 2.05) is 0 Å². The lowest BCUT2D eigenvalue weighted by Gasteiger charge is -2.29. The number of nitrogens with one attached hydrogen (secondary N) is 2. The minimum atomic E-state index is -0.488. The molecule has 6 nitrogen and oxygen atoms in total. The number of nitrogens with two attached hydrogens (primary N) is 1. The van der Waals surface area contributed by atoms with Gasteiger partial charge in [0, 0.05) is 35.4 Å². The maximum Gasteiger partial charge on any atom is 0.183 e. The number of aromatic amines is 1. The Balaban J connectivity index is 1.70. The first-order valence-electron chi connectivity index (χ1n) is 8.29. The van der Waals surface area contributed by atoms with Gasteiger partial charge in [-0.1, -0.05) is 24.4 Å². The molecule has 1 saturated carbocycles. The highest BCUT2D eigenvalue weighted by atomic mass is 35.5. The molecule has 1 aliphatic carbocycles. The molecule has 0 amide bonds. The number of hydrogen-bond donors (Lipinski definition) is 3. The second-order valence-electron chi connectivity index (χ2n) is 6.34. The zero-order valence-corrected chi connectivity index (χ0v) is 14.2. The fourth-order valence-corrected chi connectivity index (χ4v) is 3.43. The Hall–Kier alpha value is -2.25. The summed E-state index contributed by atoms with van der Waals surface area (Å²) in [4.78, 5) is 15.8. The Morgan fingerprint density at radius 3 is 2.92 bits per heavy atom. The van der Waals surface area contributed by atoms with Gasteiger partial charge in [-0.3, -0.25) is 0 Å². The summed E-state index contributed by atoms with van der Waals surface area (Å²) in [6.45, 7) is 0. The predicted octanol–water partition coefficient (Wildman–Crippen LogP) is 3.49. The molecule has 0 unspecified atom stereocenters. The lowest BCUT2D eigenvalue weighted by atomic mass is 9.91. The summed E-state index contributed by atoms with van der Waals surface area (Å²) in [5.41, 5.74) is 7.54. The van der Waals surface area contributed by atoms with Crippen molar-refractivity contribution in [2.24, 2.45) is 5.73 Å². The van der Waals surface area contributed by atoms with E-state index in [-0.39, 0.29) is 17.9 Å². The quantitative estimate of drug-likeness (QED) is 0.664. The van der Waals surface area contributed by atoms with E-state index in [4.69, 9.17) is 17.3 Å². The molecule has 25 heavy (non-hydrogen) atoms. The number of hydrogen-bond acceptors (Lipinski definition) is 5. The van der Waals surface area contributed by atoms with Crippen LogP contribution in [0.3, 0.4) is 0 Å². The summed E-state index contributed by atoms with van der Waals surface area (Å²) in [6.07, 6.45) is 8.52. The van der Waals surface area contributed by atoms with Crippen LogP contribution in [0.15, 0.2) is 24.7 Å². The molecular formula is C17H18ClFN6. The third-order valence-electron chi connectivity index (χ3n) is 4.62. The molecule has 0 radical (unpaired) electrons. The number of rotatable bonds is 3. The monoisotopic (exact) mass is 360 g/mol. The molecule has 8 heteroatoms. The first-order valence-corrected chi connectivity index (χ1v) is 8.67. The van der Waals surface area contributed by atoms with E-state index in [0.29, 0.717) is 16.5 Å². The van der Waals surface area contributed by atoms with E-state index in [9.17, 15) is 4.39 Å². The van der Waals surface area contributed by atoms with Crippen molar-refractivity contribution in [1.29, 1.82) is 0 Å². The molecule has 3 aromatic heterocycles. The lowest BCUT2D eigenvalue weighted by Crippen LogP contribution is -2.43. The van der Waals surface area contributed by atoms with Crippen molar-refractivity contribution in [1.82, 2.24) is 19.9 Å². The molecular weight excluding hydrogens is 343 g/mol. The normalized spacial score (nSPS) is 20.8. The number of H-pyrrole nitrogens is 1. The number of fused-ring (bicyclic) bond motifs is 1. The van der Waals surface area contributed by atoms with Crippen LogP contribution < -0.4 is 11.1 Å². The molecule has 3 aromatic rings. The summed E-state index contributed by atoms with van der Waals surface area (Å²) < 4.78 is 14.2. The van der Waals surface area contributed by atoms with Crippen LogP contribution in [0.2, 0.25) is 5.02 Å². The number of pyridine rings is 1. The molecule has 0 aliphatic heterocycles. The van der Waals surface area contributed by atoms with Crippen LogP contribution in [0.5, 0.6) is 0 Å². The summed E-state index contributed by atoms with van der Waals surface area (Å²) >= 11 is 6.03. The topological polar surface area (TPSA) is 92.5 Å². The zero-order chi connectivity index (χ0) is 17.4. The van der Waals surface area contributed by atoms with E-state index < -0.39 is 5.82 Å². The van der Waals surface area contributed by atoms with E-state index >= 15 is 0 Å². The molecule has 4 N–H and O–H groups in total. The van der Waals surface area contributed by atoms with Gasteiger partial charge in [0.1, 0.15) is 5.65 Å². The summed E-state index contributed by atoms with van der Waals surface area (Å²) in [5, 5.41) is 4.46. The first kappa shape index (κ1) is 16.2. The van der Waals surface area contributed by atoms with Gasteiger partial charge in [-0.25, -0.2) is 19.3 Å². The lowest BCUT2D eigenvalue weighted by molar-refractivity contribution is 0.402. The average molecular weight is 361 g/mol. The fourth-order valence-electron chi connectivity index (χ4n) is 3.28. The van der Waals surface area contributed by atoms with E-state index in [1.54, 1.807) is 18.5 Å². The third kappa shape index (κ3) is 3.17. The van der Waals surface area contributed by atoms with E-state index in [0.717, 1.165) is 36.6 Å². The molecule has 2 atom stereocenters. The van der Waals surface area contributed by atoms with Crippen molar-refractivity contribution >= 4 is 28.5 Å². The fraction of sp³-hybridized carbons (Fsp3) is 0.353. The SMILES string of the molecule is N[C@@H]1CCCC[C@H]1Nc1nc(-c2c[nH]c3ncc(Cl)cc23)ncc1F. The Morgan fingerprint density at radius 1 is 1.24 bits per heavy atom. The highest BCUT2D eigenvalue weighted by Gasteiger charge is 2.23. The minimum absolute atomic E-state index is 0.00246. The maximum atomic E-state index is 14.2. The second-order valence-corrected chi connectivity index (χ2v) is 6.78. The van der Waals surface area contributed by atoms with Gasteiger partial charge in [-0.2, -0.15) is 0 Å². The molecule has 1 aliphatic rings. The van der Waals surface area contributed by atoms with Crippen LogP contribution in [-0.4, -0.2) is 32.0 Å².